The molecule has 2 heterocycles. The number of carbonyl (C=O) groups is 1. The molecule has 2 unspecified atom stereocenters. The average Bonchev–Trinajstić information content (AvgIpc) is 3.32. The van der Waals surface area contributed by atoms with E-state index in [-0.39, 0.29) is 12.5 Å². The van der Waals surface area contributed by atoms with E-state index in [0.29, 0.717) is 24.1 Å². The SMILES string of the molecule is CC(C)c1cc(CC(=O)N=S(N)(=O)N(CC2CCCN2C)c2cnn(C)c2)cc(C(C)C)c1. The molecule has 1 saturated heterocycles. The number of anilines is 1. The zero-order valence-corrected chi connectivity index (χ0v) is 21.5. The van der Waals surface area contributed by atoms with Gasteiger partial charge in [0.05, 0.1) is 18.3 Å². The molecule has 33 heavy (non-hydrogen) atoms. The van der Waals surface area contributed by atoms with Crippen molar-refractivity contribution < 1.29 is 9.00 Å². The summed E-state index contributed by atoms with van der Waals surface area (Å²) in [5, 5.41) is 10.4. The molecule has 1 fully saturated rings. The lowest BCUT2D eigenvalue weighted by molar-refractivity contribution is -0.117. The minimum atomic E-state index is -3.47. The monoisotopic (exact) mass is 474 g/mol. The number of hydrogen-bond donors (Lipinski definition) is 1. The fraction of sp³-hybridized carbons (Fsp3) is 0.583. The summed E-state index contributed by atoms with van der Waals surface area (Å²) in [6.07, 6.45) is 5.49. The number of aromatic nitrogens is 2. The maximum Gasteiger partial charge on any atom is 0.260 e. The highest BCUT2D eigenvalue weighted by Gasteiger charge is 2.28. The van der Waals surface area contributed by atoms with Crippen LogP contribution < -0.4 is 9.44 Å². The van der Waals surface area contributed by atoms with Crippen LogP contribution in [0.1, 0.15) is 69.1 Å². The fourth-order valence-electron chi connectivity index (χ4n) is 4.22. The number of carbonyl (C=O) groups excluding carboxylic acids is 1. The Morgan fingerprint density at radius 1 is 1.21 bits per heavy atom. The second kappa shape index (κ2) is 10.4. The predicted octanol–water partition coefficient (Wildman–Crippen LogP) is 3.59. The van der Waals surface area contributed by atoms with E-state index in [1.807, 2.05) is 19.2 Å². The zero-order chi connectivity index (χ0) is 24.3. The van der Waals surface area contributed by atoms with E-state index < -0.39 is 16.0 Å². The Hall–Kier alpha value is -2.23. The van der Waals surface area contributed by atoms with Crippen molar-refractivity contribution in [3.05, 3.63) is 47.3 Å². The first-order valence-electron chi connectivity index (χ1n) is 11.6. The minimum absolute atomic E-state index is 0.0681. The Morgan fingerprint density at radius 2 is 1.85 bits per heavy atom. The summed E-state index contributed by atoms with van der Waals surface area (Å²) in [6.45, 7) is 9.94. The normalized spacial score (nSPS) is 18.6. The molecule has 3 rings (SSSR count). The van der Waals surface area contributed by atoms with Gasteiger partial charge >= 0.3 is 0 Å². The number of nitrogens with two attached hydrogens (primary N) is 1. The molecule has 182 valence electrons. The Bertz CT molecular complexity index is 1070. The molecule has 1 amide bonds. The fourth-order valence-corrected chi connectivity index (χ4v) is 5.45. The van der Waals surface area contributed by atoms with Crippen LogP contribution in [-0.4, -0.2) is 51.0 Å². The summed E-state index contributed by atoms with van der Waals surface area (Å²) in [7, 11) is 0.373. The predicted molar refractivity (Wildman–Crippen MR) is 134 cm³/mol. The van der Waals surface area contributed by atoms with Gasteiger partial charge in [0.2, 0.25) is 10.1 Å². The van der Waals surface area contributed by atoms with E-state index in [1.165, 1.54) is 11.1 Å². The molecule has 0 aliphatic carbocycles. The first-order chi connectivity index (χ1) is 15.5. The van der Waals surface area contributed by atoms with Gasteiger partial charge < -0.3 is 4.90 Å². The lowest BCUT2D eigenvalue weighted by Gasteiger charge is -2.29. The summed E-state index contributed by atoms with van der Waals surface area (Å²) >= 11 is 0. The van der Waals surface area contributed by atoms with Crippen LogP contribution in [0.4, 0.5) is 5.69 Å². The van der Waals surface area contributed by atoms with Gasteiger partial charge in [0.15, 0.2) is 0 Å². The van der Waals surface area contributed by atoms with Crippen LogP contribution >= 0.6 is 0 Å². The molecule has 2 N–H and O–H groups in total. The standard InChI is InChI=1S/C24H38N6O2S/c1-17(2)20-10-19(11-21(13-20)18(3)4)12-24(31)27-33(25,32)30(23-14-26-29(6)15-23)16-22-8-7-9-28(22)5/h10-11,13-15,17-18,22H,7-9,12,16H2,1-6H3,(H2,25,27,31,32). The van der Waals surface area contributed by atoms with Gasteiger partial charge in [-0.15, -0.1) is 4.36 Å². The van der Waals surface area contributed by atoms with Crippen molar-refractivity contribution in [1.82, 2.24) is 14.7 Å². The molecule has 1 aliphatic rings. The van der Waals surface area contributed by atoms with Crippen LogP contribution in [0, 0.1) is 0 Å². The van der Waals surface area contributed by atoms with E-state index >= 15 is 0 Å². The molecule has 0 radical (unpaired) electrons. The molecule has 1 aliphatic heterocycles. The molecule has 0 bridgehead atoms. The zero-order valence-electron chi connectivity index (χ0n) is 20.7. The van der Waals surface area contributed by atoms with Crippen molar-refractivity contribution in [3.63, 3.8) is 0 Å². The summed E-state index contributed by atoms with van der Waals surface area (Å²) in [5.41, 5.74) is 3.83. The number of amides is 1. The van der Waals surface area contributed by atoms with E-state index in [4.69, 9.17) is 5.14 Å². The van der Waals surface area contributed by atoms with Crippen LogP contribution in [0.2, 0.25) is 0 Å². The summed E-state index contributed by atoms with van der Waals surface area (Å²) in [4.78, 5) is 15.2. The number of benzene rings is 1. The van der Waals surface area contributed by atoms with Gasteiger partial charge in [-0.1, -0.05) is 45.9 Å². The van der Waals surface area contributed by atoms with Crippen LogP contribution in [0.15, 0.2) is 35.0 Å². The highest BCUT2D eigenvalue weighted by atomic mass is 32.2. The van der Waals surface area contributed by atoms with Crippen molar-refractivity contribution >= 4 is 21.7 Å². The summed E-state index contributed by atoms with van der Waals surface area (Å²) < 4.78 is 20.8. The van der Waals surface area contributed by atoms with Gasteiger partial charge in [0.1, 0.15) is 0 Å². The molecule has 1 aromatic carbocycles. The minimum Gasteiger partial charge on any atom is -0.302 e. The van der Waals surface area contributed by atoms with E-state index in [9.17, 15) is 9.00 Å². The average molecular weight is 475 g/mol. The third-order valence-electron chi connectivity index (χ3n) is 6.30. The lowest BCUT2D eigenvalue weighted by Crippen LogP contribution is -2.45. The van der Waals surface area contributed by atoms with Crippen LogP contribution in [0.5, 0.6) is 0 Å². The van der Waals surface area contributed by atoms with E-state index in [0.717, 1.165) is 24.9 Å². The third kappa shape index (κ3) is 6.43. The van der Waals surface area contributed by atoms with E-state index in [2.05, 4.69) is 48.1 Å². The Balaban J connectivity index is 1.90. The third-order valence-corrected chi connectivity index (χ3v) is 7.76. The van der Waals surface area contributed by atoms with Gasteiger partial charge in [-0.3, -0.25) is 13.8 Å². The molecule has 2 atom stereocenters. The number of nitrogens with zero attached hydrogens (tertiary/aromatic N) is 5. The molecular formula is C24H38N6O2S. The highest BCUT2D eigenvalue weighted by Crippen LogP contribution is 2.25. The Kier molecular flexibility index (Phi) is 7.97. The number of rotatable bonds is 8. The quantitative estimate of drug-likeness (QED) is 0.632. The van der Waals surface area contributed by atoms with Crippen molar-refractivity contribution in [2.45, 2.75) is 64.8 Å². The summed E-state index contributed by atoms with van der Waals surface area (Å²) in [5.74, 6) is 0.210. The molecule has 8 nitrogen and oxygen atoms in total. The number of likely N-dealkylation sites (N-methyl/N-ethyl adjacent to an activating group) is 1. The molecule has 2 aromatic rings. The first kappa shape index (κ1) is 25.4. The maximum absolute atomic E-state index is 13.6. The van der Waals surface area contributed by atoms with Crippen LogP contribution in [0.25, 0.3) is 0 Å². The van der Waals surface area contributed by atoms with Crippen molar-refractivity contribution in [1.29, 1.82) is 0 Å². The highest BCUT2D eigenvalue weighted by molar-refractivity contribution is 7.93. The molecule has 0 saturated carbocycles. The van der Waals surface area contributed by atoms with Crippen molar-refractivity contribution in [3.8, 4) is 0 Å². The second-order valence-corrected chi connectivity index (χ2v) is 11.4. The van der Waals surface area contributed by atoms with Gasteiger partial charge in [0.25, 0.3) is 5.91 Å². The first-order valence-corrected chi connectivity index (χ1v) is 13.2. The molecule has 9 heteroatoms. The molecule has 1 aromatic heterocycles. The topological polar surface area (TPSA) is 96.8 Å². The number of likely N-dealkylation sites (tertiary alicyclic amines) is 1. The van der Waals surface area contributed by atoms with Crippen molar-refractivity contribution in [2.75, 3.05) is 24.4 Å². The van der Waals surface area contributed by atoms with Gasteiger partial charge in [0, 0.05) is 25.8 Å². The number of hydrogen-bond acceptors (Lipinski definition) is 4. The van der Waals surface area contributed by atoms with Gasteiger partial charge in [-0.2, -0.15) is 5.10 Å². The second-order valence-electron chi connectivity index (χ2n) is 9.73. The lowest BCUT2D eigenvalue weighted by atomic mass is 9.92. The smallest absolute Gasteiger partial charge is 0.260 e. The maximum atomic E-state index is 13.6. The van der Waals surface area contributed by atoms with Crippen LogP contribution in [0.3, 0.4) is 0 Å². The number of aryl methyl sites for hydroxylation is 1. The molecule has 0 spiro atoms. The Morgan fingerprint density at radius 3 is 2.33 bits per heavy atom. The van der Waals surface area contributed by atoms with Crippen molar-refractivity contribution in [2.24, 2.45) is 16.5 Å². The van der Waals surface area contributed by atoms with Gasteiger partial charge in [-0.05, 0) is 55.0 Å². The summed E-state index contributed by atoms with van der Waals surface area (Å²) in [6, 6.07) is 6.45. The van der Waals surface area contributed by atoms with Gasteiger partial charge in [-0.25, -0.2) is 9.35 Å². The largest absolute Gasteiger partial charge is 0.302 e. The Labute approximate surface area is 198 Å². The van der Waals surface area contributed by atoms with Crippen LogP contribution in [-0.2, 0) is 28.4 Å². The molecular weight excluding hydrogens is 436 g/mol. The van der Waals surface area contributed by atoms with E-state index in [1.54, 1.807) is 28.4 Å².